The molecule has 0 saturated heterocycles. The Balaban J connectivity index is 2.14. The van der Waals surface area contributed by atoms with Crippen molar-refractivity contribution in [1.29, 1.82) is 0 Å². The summed E-state index contributed by atoms with van der Waals surface area (Å²) >= 11 is 6.29. The first-order valence-electron chi connectivity index (χ1n) is 9.27. The van der Waals surface area contributed by atoms with Gasteiger partial charge in [0.15, 0.2) is 11.5 Å². The summed E-state index contributed by atoms with van der Waals surface area (Å²) in [5.74, 6) is 0.873. The van der Waals surface area contributed by atoms with Crippen LogP contribution in [0.1, 0.15) is 24.1 Å². The van der Waals surface area contributed by atoms with Crippen LogP contribution in [0.5, 0.6) is 11.5 Å². The van der Waals surface area contributed by atoms with Crippen molar-refractivity contribution in [3.8, 4) is 11.5 Å². The first kappa shape index (κ1) is 21.8. The molecule has 2 rings (SSSR count). The van der Waals surface area contributed by atoms with E-state index < -0.39 is 0 Å². The summed E-state index contributed by atoms with van der Waals surface area (Å²) in [6.45, 7) is 3.15. The number of nitrogens with one attached hydrogen (secondary N) is 2. The van der Waals surface area contributed by atoms with Gasteiger partial charge in [-0.1, -0.05) is 41.9 Å². The zero-order valence-corrected chi connectivity index (χ0v) is 17.5. The van der Waals surface area contributed by atoms with Crippen LogP contribution in [0.25, 0.3) is 6.08 Å². The summed E-state index contributed by atoms with van der Waals surface area (Å²) in [5, 5.41) is 3.52. The fourth-order valence-corrected chi connectivity index (χ4v) is 3.13. The van der Waals surface area contributed by atoms with Crippen LogP contribution in [0.4, 0.5) is 0 Å². The summed E-state index contributed by atoms with van der Waals surface area (Å²) in [5.41, 5.74) is 1.84. The summed E-state index contributed by atoms with van der Waals surface area (Å²) in [7, 11) is 5.68. The lowest BCUT2D eigenvalue weighted by Gasteiger charge is -2.20. The van der Waals surface area contributed by atoms with E-state index in [1.807, 2.05) is 37.3 Å². The van der Waals surface area contributed by atoms with E-state index in [2.05, 4.69) is 19.4 Å². The number of carbonyl (C=O) groups is 1. The highest BCUT2D eigenvalue weighted by molar-refractivity contribution is 6.32. The van der Waals surface area contributed by atoms with Crippen molar-refractivity contribution >= 4 is 23.6 Å². The number of quaternary nitrogens is 1. The Bertz CT molecular complexity index is 807. The van der Waals surface area contributed by atoms with E-state index in [-0.39, 0.29) is 11.9 Å². The molecule has 0 aliphatic heterocycles. The molecule has 0 unspecified atom stereocenters. The monoisotopic (exact) mass is 403 g/mol. The molecular weight excluding hydrogens is 376 g/mol. The molecule has 0 radical (unpaired) electrons. The fraction of sp³-hybridized carbons (Fsp3) is 0.318. The van der Waals surface area contributed by atoms with Crippen LogP contribution in [0, 0.1) is 0 Å². The van der Waals surface area contributed by atoms with E-state index in [4.69, 9.17) is 21.1 Å². The number of hydrogen-bond acceptors (Lipinski definition) is 3. The third-order valence-electron chi connectivity index (χ3n) is 4.10. The second-order valence-electron chi connectivity index (χ2n) is 6.68. The molecule has 5 nitrogen and oxygen atoms in total. The SMILES string of the molecule is CCOc1c(Cl)cc(/C=C/C(=O)N[C@H](C[NH+](C)C)c2ccccc2)cc1OC. The molecule has 0 bridgehead atoms. The van der Waals surface area contributed by atoms with E-state index in [0.29, 0.717) is 23.1 Å². The molecule has 2 N–H and O–H groups in total. The molecule has 0 fully saturated rings. The third kappa shape index (κ3) is 6.29. The highest BCUT2D eigenvalue weighted by atomic mass is 35.5. The van der Waals surface area contributed by atoms with E-state index >= 15 is 0 Å². The van der Waals surface area contributed by atoms with E-state index in [1.54, 1.807) is 25.3 Å². The molecule has 150 valence electrons. The van der Waals surface area contributed by atoms with Crippen LogP contribution in [-0.2, 0) is 4.79 Å². The van der Waals surface area contributed by atoms with E-state index in [1.165, 1.54) is 11.0 Å². The Kier molecular flexibility index (Phi) is 8.36. The minimum absolute atomic E-state index is 0.0678. The maximum Gasteiger partial charge on any atom is 0.244 e. The van der Waals surface area contributed by atoms with Crippen molar-refractivity contribution in [3.05, 3.63) is 64.7 Å². The second kappa shape index (κ2) is 10.7. The van der Waals surface area contributed by atoms with Gasteiger partial charge in [-0.05, 0) is 36.3 Å². The minimum Gasteiger partial charge on any atom is -0.493 e. The van der Waals surface area contributed by atoms with Gasteiger partial charge < -0.3 is 19.7 Å². The number of halogens is 1. The highest BCUT2D eigenvalue weighted by Crippen LogP contribution is 2.36. The number of likely N-dealkylation sites (N-methyl/N-ethyl adjacent to an activating group) is 1. The maximum absolute atomic E-state index is 12.5. The normalized spacial score (nSPS) is 12.2. The molecule has 6 heteroatoms. The van der Waals surface area contributed by atoms with Gasteiger partial charge in [-0.15, -0.1) is 0 Å². The first-order chi connectivity index (χ1) is 13.4. The van der Waals surface area contributed by atoms with Gasteiger partial charge in [-0.25, -0.2) is 0 Å². The minimum atomic E-state index is -0.168. The summed E-state index contributed by atoms with van der Waals surface area (Å²) in [6.07, 6.45) is 3.22. The fourth-order valence-electron chi connectivity index (χ4n) is 2.86. The zero-order chi connectivity index (χ0) is 20.5. The molecule has 0 heterocycles. The van der Waals surface area contributed by atoms with Crippen molar-refractivity contribution < 1.29 is 19.2 Å². The Morgan fingerprint density at radius 2 is 1.96 bits per heavy atom. The molecule has 0 spiro atoms. The Morgan fingerprint density at radius 1 is 1.25 bits per heavy atom. The number of methoxy groups -OCH3 is 1. The van der Waals surface area contributed by atoms with Crippen LogP contribution in [0.2, 0.25) is 5.02 Å². The Labute approximate surface area is 171 Å². The Hall–Kier alpha value is -2.50. The molecule has 0 aromatic heterocycles. The van der Waals surface area contributed by atoms with Gasteiger partial charge >= 0.3 is 0 Å². The number of hydrogen-bond donors (Lipinski definition) is 2. The number of benzene rings is 2. The molecular formula is C22H28ClN2O3+. The van der Waals surface area contributed by atoms with E-state index in [9.17, 15) is 4.79 Å². The quantitative estimate of drug-likeness (QED) is 0.633. The molecule has 0 aliphatic rings. The van der Waals surface area contributed by atoms with Gasteiger partial charge in [0.25, 0.3) is 0 Å². The van der Waals surface area contributed by atoms with Crippen molar-refractivity contribution in [2.24, 2.45) is 0 Å². The van der Waals surface area contributed by atoms with Crippen LogP contribution in [0.15, 0.2) is 48.5 Å². The average Bonchev–Trinajstić information content (AvgIpc) is 2.68. The summed E-state index contributed by atoms with van der Waals surface area (Å²) in [4.78, 5) is 13.7. The topological polar surface area (TPSA) is 52.0 Å². The molecule has 1 amide bonds. The van der Waals surface area contributed by atoms with Crippen LogP contribution < -0.4 is 19.7 Å². The van der Waals surface area contributed by atoms with E-state index in [0.717, 1.165) is 17.7 Å². The molecule has 2 aromatic rings. The van der Waals surface area contributed by atoms with Crippen molar-refractivity contribution in [3.63, 3.8) is 0 Å². The summed E-state index contributed by atoms with van der Waals surface area (Å²) < 4.78 is 10.9. The van der Waals surface area contributed by atoms with Crippen molar-refractivity contribution in [2.45, 2.75) is 13.0 Å². The molecule has 2 aromatic carbocycles. The van der Waals surface area contributed by atoms with Crippen molar-refractivity contribution in [2.75, 3.05) is 34.4 Å². The number of amides is 1. The van der Waals surface area contributed by atoms with Gasteiger partial charge in [0.05, 0.1) is 32.8 Å². The number of carbonyl (C=O) groups excluding carboxylic acids is 1. The number of rotatable bonds is 9. The predicted molar refractivity (Wildman–Crippen MR) is 113 cm³/mol. The molecule has 1 atom stereocenters. The van der Waals surface area contributed by atoms with Crippen molar-refractivity contribution in [1.82, 2.24) is 5.32 Å². The highest BCUT2D eigenvalue weighted by Gasteiger charge is 2.16. The smallest absolute Gasteiger partial charge is 0.244 e. The largest absolute Gasteiger partial charge is 0.493 e. The molecule has 0 aliphatic carbocycles. The van der Waals surface area contributed by atoms with Gasteiger partial charge in [-0.3, -0.25) is 4.79 Å². The lowest BCUT2D eigenvalue weighted by atomic mass is 10.1. The second-order valence-corrected chi connectivity index (χ2v) is 7.09. The first-order valence-corrected chi connectivity index (χ1v) is 9.65. The third-order valence-corrected chi connectivity index (χ3v) is 4.38. The van der Waals surface area contributed by atoms with Gasteiger partial charge in [0.2, 0.25) is 5.91 Å². The molecule has 28 heavy (non-hydrogen) atoms. The van der Waals surface area contributed by atoms with Gasteiger partial charge in [0, 0.05) is 6.08 Å². The van der Waals surface area contributed by atoms with Crippen LogP contribution in [-0.4, -0.2) is 40.3 Å². The van der Waals surface area contributed by atoms with Crippen LogP contribution >= 0.6 is 11.6 Å². The van der Waals surface area contributed by atoms with Crippen LogP contribution in [0.3, 0.4) is 0 Å². The predicted octanol–water partition coefficient (Wildman–Crippen LogP) is 2.76. The lowest BCUT2D eigenvalue weighted by Crippen LogP contribution is -3.06. The number of ether oxygens (including phenoxy) is 2. The lowest BCUT2D eigenvalue weighted by molar-refractivity contribution is -0.860. The maximum atomic E-state index is 12.5. The molecule has 0 saturated carbocycles. The van der Waals surface area contributed by atoms with Gasteiger partial charge in [0.1, 0.15) is 12.6 Å². The average molecular weight is 404 g/mol. The Morgan fingerprint density at radius 3 is 2.57 bits per heavy atom. The standard InChI is InChI=1S/C22H27ClN2O3/c1-5-28-22-18(23)13-16(14-20(22)27-4)11-12-21(26)24-19(15-25(2)3)17-9-7-6-8-10-17/h6-14,19H,5,15H2,1-4H3,(H,24,26)/p+1/b12-11+/t19-/m1/s1. The van der Waals surface area contributed by atoms with Gasteiger partial charge in [-0.2, -0.15) is 0 Å². The summed E-state index contributed by atoms with van der Waals surface area (Å²) in [6, 6.07) is 13.4. The zero-order valence-electron chi connectivity index (χ0n) is 16.8.